The molecule has 3 unspecified atom stereocenters. The molecule has 0 spiro atoms. The second-order valence-electron chi connectivity index (χ2n) is 5.84. The quantitative estimate of drug-likeness (QED) is 0.696. The van der Waals surface area contributed by atoms with Crippen molar-refractivity contribution in [1.29, 1.82) is 0 Å². The van der Waals surface area contributed by atoms with Crippen LogP contribution in [-0.4, -0.2) is 36.4 Å². The summed E-state index contributed by atoms with van der Waals surface area (Å²) in [6, 6.07) is 0.707. The highest BCUT2D eigenvalue weighted by molar-refractivity contribution is 5.72. The van der Waals surface area contributed by atoms with Gasteiger partial charge in [-0.1, -0.05) is 20.3 Å². The summed E-state index contributed by atoms with van der Waals surface area (Å²) in [6.45, 7) is 6.86. The lowest BCUT2D eigenvalue weighted by atomic mass is 9.84. The second-order valence-corrected chi connectivity index (χ2v) is 5.84. The van der Waals surface area contributed by atoms with Gasteiger partial charge in [-0.2, -0.15) is 0 Å². The Balaban J connectivity index is 2.47. The number of aliphatic hydroxyl groups excluding tert-OH is 1. The normalized spacial score (nSPS) is 25.3. The Morgan fingerprint density at radius 2 is 2.16 bits per heavy atom. The van der Waals surface area contributed by atoms with Crippen molar-refractivity contribution in [2.45, 2.75) is 65.0 Å². The molecule has 0 heterocycles. The summed E-state index contributed by atoms with van der Waals surface area (Å²) < 4.78 is 5.12. The number of aliphatic hydroxyl groups is 1. The molecule has 1 aliphatic carbocycles. The molecule has 112 valence electrons. The maximum Gasteiger partial charge on any atom is 0.308 e. The largest absolute Gasteiger partial charge is 0.466 e. The van der Waals surface area contributed by atoms with E-state index in [1.165, 1.54) is 0 Å². The zero-order valence-electron chi connectivity index (χ0n) is 12.5. The van der Waals surface area contributed by atoms with Crippen LogP contribution in [-0.2, 0) is 9.53 Å². The van der Waals surface area contributed by atoms with Gasteiger partial charge < -0.3 is 15.2 Å². The van der Waals surface area contributed by atoms with Crippen molar-refractivity contribution in [1.82, 2.24) is 5.32 Å². The Morgan fingerprint density at radius 1 is 1.42 bits per heavy atom. The van der Waals surface area contributed by atoms with Crippen LogP contribution in [0.2, 0.25) is 0 Å². The standard InChI is InChI=1S/C15H29NO3/c1-4-19-15(18)12-6-5-7-13(10-12)16-14(8-9-17)11(2)3/h11-14,16-17H,4-10H2,1-3H3. The third-order valence-corrected chi connectivity index (χ3v) is 3.99. The van der Waals surface area contributed by atoms with E-state index in [-0.39, 0.29) is 18.5 Å². The first-order chi connectivity index (χ1) is 9.08. The van der Waals surface area contributed by atoms with Gasteiger partial charge in [0.25, 0.3) is 0 Å². The van der Waals surface area contributed by atoms with Gasteiger partial charge in [0, 0.05) is 18.7 Å². The van der Waals surface area contributed by atoms with Gasteiger partial charge in [0.2, 0.25) is 0 Å². The molecule has 1 rings (SSSR count). The molecule has 0 aliphatic heterocycles. The van der Waals surface area contributed by atoms with Crippen LogP contribution in [0.5, 0.6) is 0 Å². The van der Waals surface area contributed by atoms with Gasteiger partial charge in [0.05, 0.1) is 12.5 Å². The van der Waals surface area contributed by atoms with Gasteiger partial charge in [-0.25, -0.2) is 0 Å². The Morgan fingerprint density at radius 3 is 2.74 bits per heavy atom. The van der Waals surface area contributed by atoms with E-state index in [2.05, 4.69) is 19.2 Å². The average molecular weight is 271 g/mol. The number of carbonyl (C=O) groups excluding carboxylic acids is 1. The highest BCUT2D eigenvalue weighted by atomic mass is 16.5. The Bertz CT molecular complexity index is 268. The number of hydrogen-bond acceptors (Lipinski definition) is 4. The molecule has 0 radical (unpaired) electrons. The number of ether oxygens (including phenoxy) is 1. The molecule has 1 saturated carbocycles. The van der Waals surface area contributed by atoms with Crippen LogP contribution < -0.4 is 5.32 Å². The second kappa shape index (κ2) is 8.54. The minimum absolute atomic E-state index is 0.0442. The van der Waals surface area contributed by atoms with Crippen LogP contribution in [0.25, 0.3) is 0 Å². The van der Waals surface area contributed by atoms with Gasteiger partial charge in [0.1, 0.15) is 0 Å². The van der Waals surface area contributed by atoms with E-state index in [1.54, 1.807) is 0 Å². The smallest absolute Gasteiger partial charge is 0.308 e. The molecular weight excluding hydrogens is 242 g/mol. The molecule has 0 aromatic rings. The summed E-state index contributed by atoms with van der Waals surface area (Å²) >= 11 is 0. The molecule has 4 heteroatoms. The molecule has 2 N–H and O–H groups in total. The zero-order valence-corrected chi connectivity index (χ0v) is 12.5. The molecule has 1 fully saturated rings. The summed E-state index contributed by atoms with van der Waals surface area (Å²) in [5, 5.41) is 12.7. The van der Waals surface area contributed by atoms with Gasteiger partial charge in [-0.15, -0.1) is 0 Å². The monoisotopic (exact) mass is 271 g/mol. The highest BCUT2D eigenvalue weighted by Gasteiger charge is 2.29. The van der Waals surface area contributed by atoms with Crippen LogP contribution in [0.1, 0.15) is 52.9 Å². The van der Waals surface area contributed by atoms with E-state index in [0.717, 1.165) is 32.1 Å². The number of carbonyl (C=O) groups is 1. The first kappa shape index (κ1) is 16.4. The summed E-state index contributed by atoms with van der Waals surface area (Å²) in [6.07, 6.45) is 4.78. The topological polar surface area (TPSA) is 58.6 Å². The molecular formula is C15H29NO3. The predicted octanol–water partition coefficient (Wildman–Crippen LogP) is 2.10. The first-order valence-electron chi connectivity index (χ1n) is 7.62. The zero-order chi connectivity index (χ0) is 14.3. The number of hydrogen-bond donors (Lipinski definition) is 2. The van der Waals surface area contributed by atoms with E-state index in [0.29, 0.717) is 24.6 Å². The van der Waals surface area contributed by atoms with E-state index in [4.69, 9.17) is 9.84 Å². The van der Waals surface area contributed by atoms with Gasteiger partial charge in [0.15, 0.2) is 0 Å². The van der Waals surface area contributed by atoms with Crippen LogP contribution >= 0.6 is 0 Å². The Labute approximate surface area is 116 Å². The third kappa shape index (κ3) is 5.49. The first-order valence-corrected chi connectivity index (χ1v) is 7.62. The molecule has 0 bridgehead atoms. The summed E-state index contributed by atoms with van der Waals surface area (Å²) in [5.41, 5.74) is 0. The Kier molecular flexibility index (Phi) is 7.39. The van der Waals surface area contributed by atoms with Crippen LogP contribution in [0, 0.1) is 11.8 Å². The number of esters is 1. The van der Waals surface area contributed by atoms with E-state index in [1.807, 2.05) is 6.92 Å². The van der Waals surface area contributed by atoms with E-state index in [9.17, 15) is 4.79 Å². The summed E-state index contributed by atoms with van der Waals surface area (Å²) in [4.78, 5) is 11.8. The molecule has 19 heavy (non-hydrogen) atoms. The van der Waals surface area contributed by atoms with Gasteiger partial charge >= 0.3 is 5.97 Å². The van der Waals surface area contributed by atoms with Crippen molar-refractivity contribution < 1.29 is 14.6 Å². The highest BCUT2D eigenvalue weighted by Crippen LogP contribution is 2.26. The minimum Gasteiger partial charge on any atom is -0.466 e. The molecule has 0 aromatic carbocycles. The fraction of sp³-hybridized carbons (Fsp3) is 0.933. The molecule has 1 aliphatic rings. The lowest BCUT2D eigenvalue weighted by molar-refractivity contribution is -0.149. The van der Waals surface area contributed by atoms with Crippen molar-refractivity contribution in [3.63, 3.8) is 0 Å². The maximum atomic E-state index is 11.8. The van der Waals surface area contributed by atoms with E-state index < -0.39 is 0 Å². The van der Waals surface area contributed by atoms with Crippen molar-refractivity contribution in [2.75, 3.05) is 13.2 Å². The summed E-state index contributed by atoms with van der Waals surface area (Å²) in [7, 11) is 0. The van der Waals surface area contributed by atoms with Gasteiger partial charge in [-0.3, -0.25) is 4.79 Å². The van der Waals surface area contributed by atoms with Crippen molar-refractivity contribution >= 4 is 5.97 Å². The van der Waals surface area contributed by atoms with Crippen LogP contribution in [0.15, 0.2) is 0 Å². The van der Waals surface area contributed by atoms with Crippen molar-refractivity contribution in [2.24, 2.45) is 11.8 Å². The lowest BCUT2D eigenvalue weighted by Gasteiger charge is -2.33. The molecule has 0 amide bonds. The van der Waals surface area contributed by atoms with Crippen LogP contribution in [0.4, 0.5) is 0 Å². The number of rotatable bonds is 7. The summed E-state index contributed by atoms with van der Waals surface area (Å²) in [5.74, 6) is 0.500. The lowest BCUT2D eigenvalue weighted by Crippen LogP contribution is -2.45. The fourth-order valence-electron chi connectivity index (χ4n) is 2.87. The average Bonchev–Trinajstić information content (AvgIpc) is 2.39. The fourth-order valence-corrected chi connectivity index (χ4v) is 2.87. The molecule has 0 aromatic heterocycles. The number of nitrogens with one attached hydrogen (secondary N) is 1. The minimum atomic E-state index is -0.0442. The van der Waals surface area contributed by atoms with Crippen LogP contribution in [0.3, 0.4) is 0 Å². The van der Waals surface area contributed by atoms with E-state index >= 15 is 0 Å². The third-order valence-electron chi connectivity index (χ3n) is 3.99. The predicted molar refractivity (Wildman–Crippen MR) is 75.8 cm³/mol. The van der Waals surface area contributed by atoms with Crippen molar-refractivity contribution in [3.05, 3.63) is 0 Å². The van der Waals surface area contributed by atoms with Gasteiger partial charge in [-0.05, 0) is 38.5 Å². The molecule has 3 atom stereocenters. The van der Waals surface area contributed by atoms with Crippen molar-refractivity contribution in [3.8, 4) is 0 Å². The molecule has 0 saturated heterocycles. The molecule has 4 nitrogen and oxygen atoms in total. The SMILES string of the molecule is CCOC(=O)C1CCCC(NC(CCO)C(C)C)C1. The maximum absolute atomic E-state index is 11.8. The Hall–Kier alpha value is -0.610.